The summed E-state index contributed by atoms with van der Waals surface area (Å²) < 4.78 is 5.63. The molecule has 1 fully saturated rings. The Morgan fingerprint density at radius 3 is 2.79 bits per heavy atom. The van der Waals surface area contributed by atoms with Crippen LogP contribution in [0.15, 0.2) is 0 Å². The Hall–Kier alpha value is -0.0800. The van der Waals surface area contributed by atoms with Crippen molar-refractivity contribution in [1.29, 1.82) is 0 Å². The van der Waals surface area contributed by atoms with E-state index in [0.29, 0.717) is 12.0 Å². The van der Waals surface area contributed by atoms with Gasteiger partial charge in [-0.3, -0.25) is 0 Å². The van der Waals surface area contributed by atoms with Crippen molar-refractivity contribution < 1.29 is 9.84 Å². The van der Waals surface area contributed by atoms with Gasteiger partial charge in [0.15, 0.2) is 0 Å². The van der Waals surface area contributed by atoms with Gasteiger partial charge in [0.05, 0.1) is 12.2 Å². The molecule has 1 aliphatic heterocycles. The van der Waals surface area contributed by atoms with Crippen LogP contribution in [-0.4, -0.2) is 23.9 Å². The summed E-state index contributed by atoms with van der Waals surface area (Å²) in [6.45, 7) is 5.17. The van der Waals surface area contributed by atoms with Gasteiger partial charge in [-0.25, -0.2) is 0 Å². The molecule has 1 N–H and O–H groups in total. The van der Waals surface area contributed by atoms with E-state index in [1.54, 1.807) is 0 Å². The summed E-state index contributed by atoms with van der Waals surface area (Å²) in [5.74, 6) is 0.429. The molecule has 0 aromatic carbocycles. The molecular formula is C12H24O2. The molecule has 0 aromatic rings. The largest absolute Gasteiger partial charge is 0.393 e. The minimum absolute atomic E-state index is 0.134. The monoisotopic (exact) mass is 200 g/mol. The summed E-state index contributed by atoms with van der Waals surface area (Å²) in [6.07, 6.45) is 6.98. The van der Waals surface area contributed by atoms with Crippen LogP contribution in [0.3, 0.4) is 0 Å². The first-order chi connectivity index (χ1) is 6.74. The number of hydrogen-bond donors (Lipinski definition) is 1. The Labute approximate surface area is 87.7 Å². The second-order valence-electron chi connectivity index (χ2n) is 4.52. The second kappa shape index (κ2) is 6.41. The third-order valence-corrected chi connectivity index (χ3v) is 3.36. The van der Waals surface area contributed by atoms with E-state index < -0.39 is 0 Å². The van der Waals surface area contributed by atoms with E-state index >= 15 is 0 Å². The van der Waals surface area contributed by atoms with Crippen LogP contribution in [-0.2, 0) is 4.74 Å². The predicted octanol–water partition coefficient (Wildman–Crippen LogP) is 2.74. The zero-order valence-electron chi connectivity index (χ0n) is 9.54. The molecule has 2 nitrogen and oxygen atoms in total. The van der Waals surface area contributed by atoms with Gasteiger partial charge in [0.1, 0.15) is 0 Å². The fraction of sp³-hybridized carbons (Fsp3) is 1.00. The fourth-order valence-corrected chi connectivity index (χ4v) is 1.95. The Balaban J connectivity index is 2.12. The normalized spacial score (nSPS) is 27.2. The first-order valence-corrected chi connectivity index (χ1v) is 6.03. The Morgan fingerprint density at radius 2 is 2.21 bits per heavy atom. The molecule has 14 heavy (non-hydrogen) atoms. The maximum Gasteiger partial charge on any atom is 0.0576 e. The number of rotatable bonds is 5. The van der Waals surface area contributed by atoms with Crippen LogP contribution in [0.4, 0.5) is 0 Å². The summed E-state index contributed by atoms with van der Waals surface area (Å²) in [6, 6.07) is 0. The molecule has 0 radical (unpaired) electrons. The van der Waals surface area contributed by atoms with Gasteiger partial charge in [0, 0.05) is 6.61 Å². The van der Waals surface area contributed by atoms with Gasteiger partial charge in [0.2, 0.25) is 0 Å². The molecule has 2 heteroatoms. The molecule has 3 unspecified atom stereocenters. The van der Waals surface area contributed by atoms with Gasteiger partial charge >= 0.3 is 0 Å². The molecule has 1 saturated heterocycles. The van der Waals surface area contributed by atoms with Gasteiger partial charge < -0.3 is 9.84 Å². The summed E-state index contributed by atoms with van der Waals surface area (Å²) in [5.41, 5.74) is 0. The highest BCUT2D eigenvalue weighted by atomic mass is 16.5. The van der Waals surface area contributed by atoms with Crippen LogP contribution in [0.25, 0.3) is 0 Å². The van der Waals surface area contributed by atoms with Crippen molar-refractivity contribution in [3.05, 3.63) is 0 Å². The van der Waals surface area contributed by atoms with Crippen LogP contribution in [0, 0.1) is 5.92 Å². The van der Waals surface area contributed by atoms with E-state index in [9.17, 15) is 5.11 Å². The lowest BCUT2D eigenvalue weighted by Crippen LogP contribution is -2.23. The van der Waals surface area contributed by atoms with Gasteiger partial charge in [0.25, 0.3) is 0 Å². The Kier molecular flexibility index (Phi) is 5.49. The van der Waals surface area contributed by atoms with Crippen molar-refractivity contribution >= 4 is 0 Å². The molecule has 1 heterocycles. The van der Waals surface area contributed by atoms with Crippen LogP contribution < -0.4 is 0 Å². The standard InChI is InChI=1S/C12H24O2/c1-3-10(2)12(13)8-7-11-6-4-5-9-14-11/h10-13H,3-9H2,1-2H3. The Morgan fingerprint density at radius 1 is 1.43 bits per heavy atom. The molecule has 1 rings (SSSR count). The van der Waals surface area contributed by atoms with Gasteiger partial charge in [-0.05, 0) is 38.0 Å². The first kappa shape index (κ1) is 12.0. The molecule has 0 aromatic heterocycles. The Bertz CT molecular complexity index is 139. The van der Waals surface area contributed by atoms with Crippen molar-refractivity contribution in [1.82, 2.24) is 0 Å². The highest BCUT2D eigenvalue weighted by molar-refractivity contribution is 4.69. The third kappa shape index (κ3) is 3.97. The lowest BCUT2D eigenvalue weighted by molar-refractivity contribution is -0.00238. The topological polar surface area (TPSA) is 29.5 Å². The van der Waals surface area contributed by atoms with E-state index in [4.69, 9.17) is 4.74 Å². The van der Waals surface area contributed by atoms with Crippen molar-refractivity contribution in [2.45, 2.75) is 64.6 Å². The van der Waals surface area contributed by atoms with E-state index in [1.165, 1.54) is 19.3 Å². The van der Waals surface area contributed by atoms with Crippen molar-refractivity contribution in [2.75, 3.05) is 6.61 Å². The van der Waals surface area contributed by atoms with E-state index in [0.717, 1.165) is 25.9 Å². The van der Waals surface area contributed by atoms with Crippen molar-refractivity contribution in [3.63, 3.8) is 0 Å². The quantitative estimate of drug-likeness (QED) is 0.739. The predicted molar refractivity (Wildman–Crippen MR) is 58.3 cm³/mol. The van der Waals surface area contributed by atoms with Crippen molar-refractivity contribution in [3.8, 4) is 0 Å². The highest BCUT2D eigenvalue weighted by Gasteiger charge is 2.17. The number of aliphatic hydroxyl groups excluding tert-OH is 1. The molecule has 84 valence electrons. The minimum Gasteiger partial charge on any atom is -0.393 e. The van der Waals surface area contributed by atoms with Gasteiger partial charge in [-0.15, -0.1) is 0 Å². The lowest BCUT2D eigenvalue weighted by Gasteiger charge is -2.24. The number of hydrogen-bond acceptors (Lipinski definition) is 2. The average Bonchev–Trinajstić information content (AvgIpc) is 2.26. The molecule has 0 saturated carbocycles. The fourth-order valence-electron chi connectivity index (χ4n) is 1.95. The zero-order valence-corrected chi connectivity index (χ0v) is 9.54. The number of ether oxygens (including phenoxy) is 1. The summed E-state index contributed by atoms with van der Waals surface area (Å²) >= 11 is 0. The highest BCUT2D eigenvalue weighted by Crippen LogP contribution is 2.20. The molecule has 0 bridgehead atoms. The second-order valence-corrected chi connectivity index (χ2v) is 4.52. The maximum absolute atomic E-state index is 9.79. The summed E-state index contributed by atoms with van der Waals surface area (Å²) in [5, 5.41) is 9.79. The van der Waals surface area contributed by atoms with Crippen LogP contribution in [0.1, 0.15) is 52.4 Å². The SMILES string of the molecule is CCC(C)C(O)CCC1CCCCO1. The van der Waals surface area contributed by atoms with E-state index in [2.05, 4.69) is 13.8 Å². The smallest absolute Gasteiger partial charge is 0.0576 e. The average molecular weight is 200 g/mol. The molecule has 0 aliphatic carbocycles. The van der Waals surface area contributed by atoms with Crippen molar-refractivity contribution in [2.24, 2.45) is 5.92 Å². The minimum atomic E-state index is -0.134. The first-order valence-electron chi connectivity index (χ1n) is 6.03. The molecular weight excluding hydrogens is 176 g/mol. The van der Waals surface area contributed by atoms with Crippen LogP contribution in [0.5, 0.6) is 0 Å². The molecule has 3 atom stereocenters. The summed E-state index contributed by atoms with van der Waals surface area (Å²) in [7, 11) is 0. The van der Waals surface area contributed by atoms with Crippen LogP contribution in [0.2, 0.25) is 0 Å². The van der Waals surface area contributed by atoms with Gasteiger partial charge in [-0.1, -0.05) is 20.3 Å². The lowest BCUT2D eigenvalue weighted by atomic mass is 9.95. The summed E-state index contributed by atoms with van der Waals surface area (Å²) in [4.78, 5) is 0. The zero-order chi connectivity index (χ0) is 10.4. The van der Waals surface area contributed by atoms with E-state index in [1.807, 2.05) is 0 Å². The maximum atomic E-state index is 9.79. The molecule has 0 spiro atoms. The molecule has 0 amide bonds. The van der Waals surface area contributed by atoms with Crippen LogP contribution >= 0.6 is 0 Å². The van der Waals surface area contributed by atoms with E-state index in [-0.39, 0.29) is 6.10 Å². The number of aliphatic hydroxyl groups is 1. The third-order valence-electron chi connectivity index (χ3n) is 3.36. The van der Waals surface area contributed by atoms with Gasteiger partial charge in [-0.2, -0.15) is 0 Å². The molecule has 1 aliphatic rings.